The first-order valence-electron chi connectivity index (χ1n) is 1.73. The third-order valence-electron chi connectivity index (χ3n) is 0.365. The summed E-state index contributed by atoms with van der Waals surface area (Å²) >= 11 is 0. The average molecular weight is 108 g/mol. The molecule has 0 N–H and O–H groups in total. The van der Waals surface area contributed by atoms with Crippen molar-refractivity contribution in [3.8, 4) is 0 Å². The lowest BCUT2D eigenvalue weighted by Crippen LogP contribution is -1.68. The van der Waals surface area contributed by atoms with Crippen LogP contribution in [0.4, 0.5) is 8.50 Å². The molecular formula is C3H6F2Si. The molecule has 0 amide bonds. The second-order valence-corrected chi connectivity index (χ2v) is 1.79. The molecule has 0 saturated heterocycles. The highest BCUT2D eigenvalue weighted by Gasteiger charge is 1.72. The van der Waals surface area contributed by atoms with Crippen molar-refractivity contribution in [2.75, 3.05) is 0 Å². The smallest absolute Gasteiger partial charge is 0.220 e. The molecule has 0 aromatic rings. The van der Waals surface area contributed by atoms with Crippen LogP contribution in [0.3, 0.4) is 0 Å². The maximum atomic E-state index is 11.1. The molecule has 0 aliphatic carbocycles. The lowest BCUT2D eigenvalue weighted by molar-refractivity contribution is 0.718. The van der Waals surface area contributed by atoms with Crippen LogP contribution in [0.15, 0.2) is 12.4 Å². The van der Waals surface area contributed by atoms with E-state index in [-0.39, 0.29) is 0 Å². The van der Waals surface area contributed by atoms with E-state index in [4.69, 9.17) is 0 Å². The van der Waals surface area contributed by atoms with Crippen LogP contribution in [-0.2, 0) is 0 Å². The van der Waals surface area contributed by atoms with Gasteiger partial charge in [-0.1, -0.05) is 6.08 Å². The van der Waals surface area contributed by atoms with Crippen molar-refractivity contribution in [2.24, 2.45) is 0 Å². The second-order valence-electron chi connectivity index (χ2n) is 0.839. The minimum absolute atomic E-state index is 0.330. The van der Waals surface area contributed by atoms with Crippen LogP contribution in [0.1, 0.15) is 0 Å². The molecule has 0 spiro atoms. The molecule has 6 heavy (non-hydrogen) atoms. The molecule has 0 atom stereocenters. The van der Waals surface area contributed by atoms with E-state index in [2.05, 4.69) is 0 Å². The minimum atomic E-state index is -1.42. The molecule has 0 nitrogen and oxygen atoms in total. The van der Waals surface area contributed by atoms with E-state index in [9.17, 15) is 8.50 Å². The van der Waals surface area contributed by atoms with E-state index in [1.54, 1.807) is 0 Å². The third kappa shape index (κ3) is 3.82. The number of hydrogen-bond donors (Lipinski definition) is 0. The first-order valence-corrected chi connectivity index (χ1v) is 3.26. The van der Waals surface area contributed by atoms with Crippen LogP contribution >= 0.6 is 0 Å². The summed E-state index contributed by atoms with van der Waals surface area (Å²) in [5.41, 5.74) is 0. The predicted molar refractivity (Wildman–Crippen MR) is 24.7 cm³/mol. The van der Waals surface area contributed by atoms with Gasteiger partial charge in [0.2, 0.25) is 9.85 Å². The van der Waals surface area contributed by atoms with Crippen LogP contribution in [0.2, 0.25) is 6.04 Å². The Kier molecular flexibility index (Phi) is 4.67. The first kappa shape index (κ1) is 5.82. The zero-order valence-corrected chi connectivity index (χ0v) is 4.74. The molecule has 36 valence electrons. The van der Waals surface area contributed by atoms with Crippen molar-refractivity contribution in [3.63, 3.8) is 0 Å². The van der Waals surface area contributed by atoms with Crippen molar-refractivity contribution in [2.45, 2.75) is 6.04 Å². The van der Waals surface area contributed by atoms with Crippen LogP contribution in [0.5, 0.6) is 0 Å². The third-order valence-corrected chi connectivity index (χ3v) is 0.916. The number of allylic oxidation sites excluding steroid dienone is 1. The molecule has 0 heterocycles. The molecule has 0 fully saturated rings. The largest absolute Gasteiger partial charge is 0.322 e. The summed E-state index contributed by atoms with van der Waals surface area (Å²) in [5, 5.41) is 0. The standard InChI is InChI=1S/C3H6F2Si/c4-2-1-3-6-5/h1-2H,3,6H2. The summed E-state index contributed by atoms with van der Waals surface area (Å²) in [6, 6.07) is 0.330. The first-order chi connectivity index (χ1) is 2.91. The minimum Gasteiger partial charge on any atom is -0.322 e. The van der Waals surface area contributed by atoms with Gasteiger partial charge in [-0.3, -0.25) is 0 Å². The summed E-state index contributed by atoms with van der Waals surface area (Å²) in [7, 11) is -1.42. The van der Waals surface area contributed by atoms with Crippen molar-refractivity contribution in [1.29, 1.82) is 0 Å². The van der Waals surface area contributed by atoms with E-state index < -0.39 is 9.85 Å². The molecule has 0 rings (SSSR count). The van der Waals surface area contributed by atoms with E-state index in [1.807, 2.05) is 0 Å². The van der Waals surface area contributed by atoms with E-state index in [0.29, 0.717) is 12.4 Å². The fourth-order valence-corrected chi connectivity index (χ4v) is 0.378. The van der Waals surface area contributed by atoms with Gasteiger partial charge in [0.15, 0.2) is 0 Å². The highest BCUT2D eigenvalue weighted by Crippen LogP contribution is 1.81. The SMILES string of the molecule is FC=CC[SiH2]F. The van der Waals surface area contributed by atoms with Crippen LogP contribution < -0.4 is 0 Å². The Morgan fingerprint density at radius 1 is 1.67 bits per heavy atom. The predicted octanol–water partition coefficient (Wildman–Crippen LogP) is 0.941. The Balaban J connectivity index is 2.66. The van der Waals surface area contributed by atoms with Gasteiger partial charge in [-0.25, -0.2) is 4.39 Å². The zero-order valence-electron chi connectivity index (χ0n) is 3.32. The summed E-state index contributed by atoms with van der Waals surface area (Å²) in [5.74, 6) is 0. The van der Waals surface area contributed by atoms with Crippen molar-refractivity contribution >= 4 is 9.85 Å². The molecule has 0 unspecified atom stereocenters. The Hall–Kier alpha value is -0.183. The Bertz CT molecular complexity index is 44.1. The van der Waals surface area contributed by atoms with Gasteiger partial charge in [-0.2, -0.15) is 0 Å². The summed E-state index contributed by atoms with van der Waals surface area (Å²) < 4.78 is 22.0. The van der Waals surface area contributed by atoms with Crippen molar-refractivity contribution in [1.82, 2.24) is 0 Å². The van der Waals surface area contributed by atoms with Gasteiger partial charge in [0.1, 0.15) is 0 Å². The molecule has 0 saturated carbocycles. The maximum absolute atomic E-state index is 11.1. The summed E-state index contributed by atoms with van der Waals surface area (Å²) in [6.45, 7) is 0. The fraction of sp³-hybridized carbons (Fsp3) is 0.333. The Morgan fingerprint density at radius 2 is 2.33 bits per heavy atom. The average Bonchev–Trinajstić information content (AvgIpc) is 1.61. The monoisotopic (exact) mass is 108 g/mol. The van der Waals surface area contributed by atoms with Crippen LogP contribution in [0, 0.1) is 0 Å². The molecule has 0 radical (unpaired) electrons. The zero-order chi connectivity index (χ0) is 4.83. The summed E-state index contributed by atoms with van der Waals surface area (Å²) in [4.78, 5) is 0. The van der Waals surface area contributed by atoms with E-state index in [1.165, 1.54) is 6.08 Å². The molecule has 0 aliphatic heterocycles. The lowest BCUT2D eigenvalue weighted by atomic mass is 10.7. The van der Waals surface area contributed by atoms with E-state index in [0.717, 1.165) is 0 Å². The fourth-order valence-electron chi connectivity index (χ4n) is 0.126. The maximum Gasteiger partial charge on any atom is 0.220 e. The Labute approximate surface area is 37.9 Å². The van der Waals surface area contributed by atoms with Crippen LogP contribution in [-0.4, -0.2) is 9.85 Å². The molecule has 0 aliphatic rings. The number of halogens is 2. The topological polar surface area (TPSA) is 0 Å². The second kappa shape index (κ2) is 4.82. The molecule has 0 bridgehead atoms. The molecule has 0 aromatic heterocycles. The van der Waals surface area contributed by atoms with Gasteiger partial charge in [0.25, 0.3) is 0 Å². The van der Waals surface area contributed by atoms with Crippen molar-refractivity contribution < 1.29 is 8.50 Å². The van der Waals surface area contributed by atoms with Gasteiger partial charge < -0.3 is 4.11 Å². The van der Waals surface area contributed by atoms with E-state index >= 15 is 0 Å². The lowest BCUT2D eigenvalue weighted by Gasteiger charge is -1.70. The number of rotatable bonds is 2. The quantitative estimate of drug-likeness (QED) is 0.365. The molecular weight excluding hydrogens is 102 g/mol. The van der Waals surface area contributed by atoms with Gasteiger partial charge in [0.05, 0.1) is 6.33 Å². The van der Waals surface area contributed by atoms with Crippen LogP contribution in [0.25, 0.3) is 0 Å². The number of hydrogen-bond acceptors (Lipinski definition) is 0. The van der Waals surface area contributed by atoms with Gasteiger partial charge in [-0.15, -0.1) is 0 Å². The Morgan fingerprint density at radius 3 is 2.50 bits per heavy atom. The highest BCUT2D eigenvalue weighted by atomic mass is 28.3. The van der Waals surface area contributed by atoms with Gasteiger partial charge >= 0.3 is 0 Å². The summed E-state index contributed by atoms with van der Waals surface area (Å²) in [6.07, 6.45) is 1.58. The highest BCUT2D eigenvalue weighted by molar-refractivity contribution is 6.26. The molecule has 0 aromatic carbocycles. The van der Waals surface area contributed by atoms with Gasteiger partial charge in [-0.05, 0) is 6.04 Å². The van der Waals surface area contributed by atoms with Crippen molar-refractivity contribution in [3.05, 3.63) is 12.4 Å². The van der Waals surface area contributed by atoms with Gasteiger partial charge in [0, 0.05) is 0 Å². The molecule has 3 heteroatoms. The normalized spacial score (nSPS) is 12.3.